The van der Waals surface area contributed by atoms with Gasteiger partial charge in [0, 0.05) is 38.8 Å². The maximum absolute atomic E-state index is 12.6. The molecule has 0 aromatic heterocycles. The van der Waals surface area contributed by atoms with Gasteiger partial charge in [0.2, 0.25) is 5.91 Å². The highest BCUT2D eigenvalue weighted by atomic mass is 35.5. The molecule has 0 aliphatic carbocycles. The van der Waals surface area contributed by atoms with E-state index in [0.29, 0.717) is 18.5 Å². The first-order valence-electron chi connectivity index (χ1n) is 9.90. The largest absolute Gasteiger partial charge is 0.342 e. The molecule has 5 heteroatoms. The Balaban J connectivity index is 0.00000243. The zero-order valence-electron chi connectivity index (χ0n) is 16.2. The van der Waals surface area contributed by atoms with E-state index in [1.165, 1.54) is 17.5 Å². The molecule has 2 fully saturated rings. The van der Waals surface area contributed by atoms with Crippen LogP contribution >= 0.6 is 12.4 Å². The summed E-state index contributed by atoms with van der Waals surface area (Å²) in [4.78, 5) is 17.0. The summed E-state index contributed by atoms with van der Waals surface area (Å²) in [5.41, 5.74) is 2.77. The van der Waals surface area contributed by atoms with Crippen LogP contribution in [0, 0.1) is 12.8 Å². The third kappa shape index (κ3) is 5.97. The average molecular weight is 380 g/mol. The molecule has 1 N–H and O–H groups in total. The van der Waals surface area contributed by atoms with Crippen LogP contribution in [0.5, 0.6) is 0 Å². The van der Waals surface area contributed by atoms with Gasteiger partial charge in [0.25, 0.3) is 0 Å². The maximum atomic E-state index is 12.6. The lowest BCUT2D eigenvalue weighted by atomic mass is 9.90. The quantitative estimate of drug-likeness (QED) is 0.854. The lowest BCUT2D eigenvalue weighted by molar-refractivity contribution is -0.134. The Labute approximate surface area is 164 Å². The summed E-state index contributed by atoms with van der Waals surface area (Å²) in [5.74, 6) is 1.09. The molecule has 1 aromatic carbocycles. The molecule has 2 saturated heterocycles. The van der Waals surface area contributed by atoms with E-state index < -0.39 is 0 Å². The lowest BCUT2D eigenvalue weighted by Crippen LogP contribution is -2.53. The highest BCUT2D eigenvalue weighted by molar-refractivity contribution is 5.85. The molecule has 0 spiro atoms. The van der Waals surface area contributed by atoms with Crippen molar-refractivity contribution in [2.24, 2.45) is 5.92 Å². The Morgan fingerprint density at radius 1 is 1.15 bits per heavy atom. The van der Waals surface area contributed by atoms with E-state index in [2.05, 4.69) is 53.2 Å². The van der Waals surface area contributed by atoms with Crippen LogP contribution in [0.1, 0.15) is 37.3 Å². The van der Waals surface area contributed by atoms with Gasteiger partial charge >= 0.3 is 0 Å². The van der Waals surface area contributed by atoms with Crippen LogP contribution in [0.15, 0.2) is 24.3 Å². The lowest BCUT2D eigenvalue weighted by Gasteiger charge is -2.37. The van der Waals surface area contributed by atoms with Gasteiger partial charge in [-0.1, -0.05) is 29.8 Å². The normalized spacial score (nSPS) is 22.1. The molecule has 1 atom stereocenters. The molecule has 26 heavy (non-hydrogen) atoms. The van der Waals surface area contributed by atoms with Crippen molar-refractivity contribution in [2.45, 2.75) is 45.6 Å². The molecule has 146 valence electrons. The van der Waals surface area contributed by atoms with Gasteiger partial charge in [0.1, 0.15) is 0 Å². The fraction of sp³-hybridized carbons (Fsp3) is 0.667. The number of piperidine rings is 1. The Hall–Kier alpha value is -1.10. The number of rotatable bonds is 5. The van der Waals surface area contributed by atoms with E-state index in [0.717, 1.165) is 57.9 Å². The number of piperazine rings is 1. The molecule has 0 saturated carbocycles. The number of carbonyl (C=O) groups excluding carboxylic acids is 1. The van der Waals surface area contributed by atoms with Gasteiger partial charge in [-0.3, -0.25) is 9.69 Å². The van der Waals surface area contributed by atoms with E-state index >= 15 is 0 Å². The number of aryl methyl sites for hydroxylation is 2. The van der Waals surface area contributed by atoms with Crippen LogP contribution in [0.2, 0.25) is 0 Å². The second kappa shape index (κ2) is 10.3. The first-order chi connectivity index (χ1) is 12.1. The van der Waals surface area contributed by atoms with Gasteiger partial charge in [-0.15, -0.1) is 12.4 Å². The van der Waals surface area contributed by atoms with Gasteiger partial charge in [-0.25, -0.2) is 0 Å². The van der Waals surface area contributed by atoms with E-state index in [9.17, 15) is 4.79 Å². The fourth-order valence-electron chi connectivity index (χ4n) is 3.99. The van der Waals surface area contributed by atoms with E-state index in [1.54, 1.807) is 0 Å². The summed E-state index contributed by atoms with van der Waals surface area (Å²) < 4.78 is 0. The van der Waals surface area contributed by atoms with Crippen LogP contribution < -0.4 is 5.32 Å². The van der Waals surface area contributed by atoms with Gasteiger partial charge < -0.3 is 10.2 Å². The number of carbonyl (C=O) groups is 1. The first kappa shape index (κ1) is 21.2. The summed E-state index contributed by atoms with van der Waals surface area (Å²) in [7, 11) is 0. The average Bonchev–Trinajstić information content (AvgIpc) is 2.63. The Bertz CT molecular complexity index is 555. The number of benzene rings is 1. The number of hydrogen-bond donors (Lipinski definition) is 1. The molecular weight excluding hydrogens is 346 g/mol. The third-order valence-corrected chi connectivity index (χ3v) is 5.91. The molecule has 2 aliphatic heterocycles. The number of amides is 1. The maximum Gasteiger partial charge on any atom is 0.236 e. The van der Waals surface area contributed by atoms with Crippen LogP contribution in [-0.4, -0.2) is 61.0 Å². The van der Waals surface area contributed by atoms with Crippen LogP contribution in [-0.2, 0) is 11.2 Å². The smallest absolute Gasteiger partial charge is 0.236 e. The van der Waals surface area contributed by atoms with Gasteiger partial charge in [0.05, 0.1) is 6.54 Å². The van der Waals surface area contributed by atoms with Gasteiger partial charge in [0.15, 0.2) is 0 Å². The zero-order valence-corrected chi connectivity index (χ0v) is 17.1. The highest BCUT2D eigenvalue weighted by Gasteiger charge is 2.26. The van der Waals surface area contributed by atoms with E-state index in [1.807, 2.05) is 0 Å². The SMILES string of the molecule is Cc1ccc(CCC2CCN(C(=O)CN3CCNC[C@H]3C)CC2)cc1.Cl. The van der Waals surface area contributed by atoms with E-state index in [-0.39, 0.29) is 12.4 Å². The number of hydrogen-bond acceptors (Lipinski definition) is 3. The molecule has 1 aromatic rings. The van der Waals surface area contributed by atoms with Crippen molar-refractivity contribution in [1.82, 2.24) is 15.1 Å². The Morgan fingerprint density at radius 3 is 2.50 bits per heavy atom. The molecule has 0 bridgehead atoms. The van der Waals surface area contributed by atoms with Crippen molar-refractivity contribution in [1.29, 1.82) is 0 Å². The van der Waals surface area contributed by atoms with Crippen molar-refractivity contribution in [3.63, 3.8) is 0 Å². The zero-order chi connectivity index (χ0) is 17.6. The second-order valence-corrected chi connectivity index (χ2v) is 7.87. The second-order valence-electron chi connectivity index (χ2n) is 7.87. The number of likely N-dealkylation sites (tertiary alicyclic amines) is 1. The van der Waals surface area contributed by atoms with Crippen LogP contribution in [0.25, 0.3) is 0 Å². The minimum atomic E-state index is 0. The number of nitrogens with one attached hydrogen (secondary N) is 1. The predicted octanol–water partition coefficient (Wildman–Crippen LogP) is 2.88. The molecule has 0 unspecified atom stereocenters. The van der Waals surface area contributed by atoms with Gasteiger partial charge in [-0.2, -0.15) is 0 Å². The van der Waals surface area contributed by atoms with Crippen molar-refractivity contribution in [2.75, 3.05) is 39.3 Å². The predicted molar refractivity (Wildman–Crippen MR) is 110 cm³/mol. The molecule has 3 rings (SSSR count). The first-order valence-corrected chi connectivity index (χ1v) is 9.90. The van der Waals surface area contributed by atoms with Crippen LogP contribution in [0.4, 0.5) is 0 Å². The van der Waals surface area contributed by atoms with Crippen molar-refractivity contribution >= 4 is 18.3 Å². The van der Waals surface area contributed by atoms with Crippen molar-refractivity contribution in [3.8, 4) is 0 Å². The molecule has 4 nitrogen and oxygen atoms in total. The molecule has 1 amide bonds. The summed E-state index contributed by atoms with van der Waals surface area (Å²) in [5, 5.41) is 3.39. The molecular formula is C21H34ClN3O. The van der Waals surface area contributed by atoms with Gasteiger partial charge in [-0.05, 0) is 51.0 Å². The topological polar surface area (TPSA) is 35.6 Å². The molecule has 2 heterocycles. The Kier molecular flexibility index (Phi) is 8.39. The summed E-state index contributed by atoms with van der Waals surface area (Å²) in [6.45, 7) is 9.80. The highest BCUT2D eigenvalue weighted by Crippen LogP contribution is 2.23. The number of halogens is 1. The standard InChI is InChI=1S/C21H33N3O.ClH/c1-17-3-5-19(6-4-17)7-8-20-9-12-23(13-10-20)21(25)16-24-14-11-22-15-18(24)2;/h3-6,18,20,22H,7-16H2,1-2H3;1H/t18-;/m1./s1. The monoisotopic (exact) mass is 379 g/mol. The van der Waals surface area contributed by atoms with Crippen molar-refractivity contribution in [3.05, 3.63) is 35.4 Å². The van der Waals surface area contributed by atoms with E-state index in [4.69, 9.17) is 0 Å². The minimum Gasteiger partial charge on any atom is -0.342 e. The minimum absolute atomic E-state index is 0. The summed E-state index contributed by atoms with van der Waals surface area (Å²) in [6.07, 6.45) is 4.74. The molecule has 0 radical (unpaired) electrons. The summed E-state index contributed by atoms with van der Waals surface area (Å²) >= 11 is 0. The number of nitrogens with zero attached hydrogens (tertiary/aromatic N) is 2. The van der Waals surface area contributed by atoms with Crippen molar-refractivity contribution < 1.29 is 4.79 Å². The fourth-order valence-corrected chi connectivity index (χ4v) is 3.99. The molecule has 2 aliphatic rings. The van der Waals surface area contributed by atoms with Crippen LogP contribution in [0.3, 0.4) is 0 Å². The summed E-state index contributed by atoms with van der Waals surface area (Å²) in [6, 6.07) is 9.37. The Morgan fingerprint density at radius 2 is 1.85 bits per heavy atom. The third-order valence-electron chi connectivity index (χ3n) is 5.91.